The average Bonchev–Trinajstić information content (AvgIpc) is 2.88. The lowest BCUT2D eigenvalue weighted by molar-refractivity contribution is -0.137. The zero-order chi connectivity index (χ0) is 13.7. The van der Waals surface area contributed by atoms with Gasteiger partial charge in [0.15, 0.2) is 0 Å². The summed E-state index contributed by atoms with van der Waals surface area (Å²) in [6, 6.07) is 10.3. The maximum absolute atomic E-state index is 11.0. The number of H-pyrrole nitrogens is 1. The van der Waals surface area contributed by atoms with Crippen LogP contribution < -0.4 is 0 Å². The van der Waals surface area contributed by atoms with Gasteiger partial charge in [-0.15, -0.1) is 0 Å². The van der Waals surface area contributed by atoms with Gasteiger partial charge in [0.05, 0.1) is 6.42 Å². The van der Waals surface area contributed by atoms with E-state index < -0.39 is 5.97 Å². The molecular formula is C16H19NO2. The molecule has 1 aromatic heterocycles. The van der Waals surface area contributed by atoms with Crippen molar-refractivity contribution in [1.82, 2.24) is 4.98 Å². The smallest absolute Gasteiger partial charge is 0.303 e. The second kappa shape index (κ2) is 6.23. The lowest BCUT2D eigenvalue weighted by Crippen LogP contribution is -2.07. The second-order valence-corrected chi connectivity index (χ2v) is 4.97. The lowest BCUT2D eigenvalue weighted by atomic mass is 9.91. The molecule has 0 saturated carbocycles. The molecule has 1 atom stereocenters. The molecule has 19 heavy (non-hydrogen) atoms. The molecule has 1 heterocycles. The van der Waals surface area contributed by atoms with Crippen LogP contribution in [0, 0.1) is 6.92 Å². The summed E-state index contributed by atoms with van der Waals surface area (Å²) in [6.07, 6.45) is 5.68. The highest BCUT2D eigenvalue weighted by atomic mass is 16.4. The van der Waals surface area contributed by atoms with Gasteiger partial charge in [0.1, 0.15) is 0 Å². The predicted molar refractivity (Wildman–Crippen MR) is 75.3 cm³/mol. The Morgan fingerprint density at radius 2 is 2.21 bits per heavy atom. The minimum atomic E-state index is -0.740. The third-order valence-corrected chi connectivity index (χ3v) is 3.38. The number of aromatic nitrogens is 1. The molecule has 0 fully saturated rings. The van der Waals surface area contributed by atoms with E-state index in [2.05, 4.69) is 30.1 Å². The van der Waals surface area contributed by atoms with Crippen molar-refractivity contribution in [3.8, 4) is 0 Å². The van der Waals surface area contributed by atoms with Crippen LogP contribution >= 0.6 is 0 Å². The summed E-state index contributed by atoms with van der Waals surface area (Å²) in [6.45, 7) is 2.07. The first-order valence-corrected chi connectivity index (χ1v) is 6.55. The summed E-state index contributed by atoms with van der Waals surface area (Å²) >= 11 is 0. The Kier molecular flexibility index (Phi) is 4.39. The van der Waals surface area contributed by atoms with Gasteiger partial charge in [0.2, 0.25) is 0 Å². The highest BCUT2D eigenvalue weighted by Gasteiger charge is 2.16. The molecule has 0 aliphatic rings. The van der Waals surface area contributed by atoms with Crippen LogP contribution in [-0.4, -0.2) is 16.1 Å². The van der Waals surface area contributed by atoms with E-state index in [1.807, 2.05) is 24.5 Å². The number of benzene rings is 1. The highest BCUT2D eigenvalue weighted by molar-refractivity contribution is 5.68. The number of nitrogens with one attached hydrogen (secondary N) is 1. The number of hydrogen-bond acceptors (Lipinski definition) is 1. The molecule has 3 heteroatoms. The Bertz CT molecular complexity index is 531. The average molecular weight is 257 g/mol. The van der Waals surface area contributed by atoms with Crippen LogP contribution in [0.2, 0.25) is 0 Å². The maximum atomic E-state index is 11.0. The van der Waals surface area contributed by atoms with E-state index in [1.165, 1.54) is 11.1 Å². The minimum Gasteiger partial charge on any atom is -0.481 e. The summed E-state index contributed by atoms with van der Waals surface area (Å²) in [5.74, 6) is -0.667. The van der Waals surface area contributed by atoms with Crippen molar-refractivity contribution in [1.29, 1.82) is 0 Å². The second-order valence-electron chi connectivity index (χ2n) is 4.97. The van der Waals surface area contributed by atoms with Gasteiger partial charge in [-0.2, -0.15) is 0 Å². The van der Waals surface area contributed by atoms with E-state index in [0.717, 1.165) is 18.4 Å². The van der Waals surface area contributed by atoms with E-state index in [0.29, 0.717) is 0 Å². The van der Waals surface area contributed by atoms with Gasteiger partial charge >= 0.3 is 5.97 Å². The summed E-state index contributed by atoms with van der Waals surface area (Å²) in [4.78, 5) is 14.0. The number of hydrogen-bond donors (Lipinski definition) is 2. The van der Waals surface area contributed by atoms with Crippen LogP contribution in [0.3, 0.4) is 0 Å². The van der Waals surface area contributed by atoms with E-state index in [4.69, 9.17) is 5.11 Å². The van der Waals surface area contributed by atoms with Crippen LogP contribution in [0.4, 0.5) is 0 Å². The van der Waals surface area contributed by atoms with Crippen molar-refractivity contribution in [2.45, 2.75) is 32.1 Å². The van der Waals surface area contributed by atoms with Crippen molar-refractivity contribution >= 4 is 5.97 Å². The van der Waals surface area contributed by atoms with E-state index in [9.17, 15) is 4.79 Å². The molecular weight excluding hydrogens is 238 g/mol. The molecule has 0 amide bonds. The van der Waals surface area contributed by atoms with Gasteiger partial charge in [-0.25, -0.2) is 0 Å². The fourth-order valence-electron chi connectivity index (χ4n) is 2.40. The molecule has 1 aromatic carbocycles. The van der Waals surface area contributed by atoms with Gasteiger partial charge in [-0.05, 0) is 42.9 Å². The molecule has 0 saturated heterocycles. The number of aromatic amines is 1. The summed E-state index contributed by atoms with van der Waals surface area (Å²) in [5.41, 5.74) is 3.59. The Morgan fingerprint density at radius 1 is 1.37 bits per heavy atom. The molecule has 3 nitrogen and oxygen atoms in total. The first-order valence-electron chi connectivity index (χ1n) is 6.55. The van der Waals surface area contributed by atoms with Gasteiger partial charge in [-0.1, -0.05) is 29.8 Å². The van der Waals surface area contributed by atoms with Gasteiger partial charge < -0.3 is 10.1 Å². The summed E-state index contributed by atoms with van der Waals surface area (Å²) in [5, 5.41) is 9.01. The fraction of sp³-hybridized carbons (Fsp3) is 0.312. The number of carbonyl (C=O) groups is 1. The SMILES string of the molecule is Cc1cccc(CCC(CC(=O)O)c2cc[nH]c2)c1. The van der Waals surface area contributed by atoms with Crippen molar-refractivity contribution in [3.63, 3.8) is 0 Å². The molecule has 2 N–H and O–H groups in total. The largest absolute Gasteiger partial charge is 0.481 e. The summed E-state index contributed by atoms with van der Waals surface area (Å²) in [7, 11) is 0. The van der Waals surface area contributed by atoms with Crippen LogP contribution in [0.15, 0.2) is 42.7 Å². The third-order valence-electron chi connectivity index (χ3n) is 3.38. The van der Waals surface area contributed by atoms with Gasteiger partial charge in [-0.3, -0.25) is 4.79 Å². The molecule has 2 rings (SSSR count). The number of aliphatic carboxylic acids is 1. The standard InChI is InChI=1S/C16H19NO2/c1-12-3-2-4-13(9-12)5-6-14(10-16(18)19)15-7-8-17-11-15/h2-4,7-9,11,14,17H,5-6,10H2,1H3,(H,18,19). The van der Waals surface area contributed by atoms with Crippen LogP contribution in [0.25, 0.3) is 0 Å². The zero-order valence-corrected chi connectivity index (χ0v) is 11.1. The molecule has 100 valence electrons. The zero-order valence-electron chi connectivity index (χ0n) is 11.1. The van der Waals surface area contributed by atoms with Crippen molar-refractivity contribution in [2.24, 2.45) is 0 Å². The molecule has 0 aliphatic carbocycles. The quantitative estimate of drug-likeness (QED) is 0.832. The monoisotopic (exact) mass is 257 g/mol. The lowest BCUT2D eigenvalue weighted by Gasteiger charge is -2.13. The predicted octanol–water partition coefficient (Wildman–Crippen LogP) is 3.51. The third kappa shape index (κ3) is 3.98. The minimum absolute atomic E-state index is 0.0734. The number of carboxylic acids is 1. The molecule has 1 unspecified atom stereocenters. The first-order chi connectivity index (χ1) is 9.15. The van der Waals surface area contributed by atoms with Crippen LogP contribution in [-0.2, 0) is 11.2 Å². The highest BCUT2D eigenvalue weighted by Crippen LogP contribution is 2.25. The van der Waals surface area contributed by atoms with E-state index in [-0.39, 0.29) is 12.3 Å². The van der Waals surface area contributed by atoms with Gasteiger partial charge in [0, 0.05) is 12.4 Å². The van der Waals surface area contributed by atoms with E-state index in [1.54, 1.807) is 0 Å². The number of rotatable bonds is 6. The van der Waals surface area contributed by atoms with Crippen LogP contribution in [0.5, 0.6) is 0 Å². The number of carboxylic acid groups (broad SMARTS) is 1. The van der Waals surface area contributed by atoms with Crippen molar-refractivity contribution in [3.05, 3.63) is 59.4 Å². The first kappa shape index (κ1) is 13.4. The van der Waals surface area contributed by atoms with Crippen LogP contribution in [0.1, 0.15) is 35.4 Å². The number of aryl methyl sites for hydroxylation is 2. The Balaban J connectivity index is 2.02. The van der Waals surface area contributed by atoms with Crippen molar-refractivity contribution in [2.75, 3.05) is 0 Å². The van der Waals surface area contributed by atoms with E-state index >= 15 is 0 Å². The Hall–Kier alpha value is -2.03. The molecule has 0 spiro atoms. The molecule has 2 aromatic rings. The molecule has 0 aliphatic heterocycles. The normalized spacial score (nSPS) is 12.3. The Labute approximate surface area is 113 Å². The van der Waals surface area contributed by atoms with Gasteiger partial charge in [0.25, 0.3) is 0 Å². The summed E-state index contributed by atoms with van der Waals surface area (Å²) < 4.78 is 0. The maximum Gasteiger partial charge on any atom is 0.303 e. The molecule has 0 radical (unpaired) electrons. The van der Waals surface area contributed by atoms with Crippen molar-refractivity contribution < 1.29 is 9.90 Å². The topological polar surface area (TPSA) is 53.1 Å². The molecule has 0 bridgehead atoms. The Morgan fingerprint density at radius 3 is 2.84 bits per heavy atom. The fourth-order valence-corrected chi connectivity index (χ4v) is 2.40.